The average molecular weight is 267 g/mol. The minimum atomic E-state index is -0.984. The zero-order valence-corrected chi connectivity index (χ0v) is 14.0. The summed E-state index contributed by atoms with van der Waals surface area (Å²) in [4.78, 5) is 0. The van der Waals surface area contributed by atoms with Gasteiger partial charge < -0.3 is 0 Å². The van der Waals surface area contributed by atoms with Gasteiger partial charge in [0, 0.05) is 5.16 Å². The Morgan fingerprint density at radius 3 is 1.94 bits per heavy atom. The molecule has 1 aromatic carbocycles. The lowest BCUT2D eigenvalue weighted by Crippen LogP contribution is -2.48. The molecule has 0 aliphatic carbocycles. The van der Waals surface area contributed by atoms with Gasteiger partial charge in [-0.1, -0.05) is 32.9 Å². The van der Waals surface area contributed by atoms with E-state index in [-0.39, 0.29) is 7.61 Å². The molecule has 17 heavy (non-hydrogen) atoms. The normalized spacial score (nSPS) is 28.5. The van der Waals surface area contributed by atoms with Crippen LogP contribution in [0.2, 0.25) is 0 Å². The number of fused-ring (bicyclic) bond motifs is 1. The molecule has 0 fully saturated rings. The van der Waals surface area contributed by atoms with Crippen LogP contribution >= 0.6 is 14.6 Å². The van der Waals surface area contributed by atoms with E-state index in [1.54, 1.807) is 10.6 Å². The van der Waals surface area contributed by atoms with Gasteiger partial charge in [-0.05, 0) is 32.9 Å². The largest absolute Gasteiger partial charge is 0.108 e. The summed E-state index contributed by atoms with van der Waals surface area (Å²) < 4.78 is 0. The van der Waals surface area contributed by atoms with Crippen molar-refractivity contribution in [3.05, 3.63) is 24.3 Å². The molecule has 0 amide bonds. The molecule has 2 unspecified atom stereocenters. The molecular formula is C15H25P2+. The quantitative estimate of drug-likeness (QED) is 0.603. The second-order valence-electron chi connectivity index (χ2n) is 7.10. The first kappa shape index (κ1) is 13.5. The summed E-state index contributed by atoms with van der Waals surface area (Å²) in [5.41, 5.74) is 0. The van der Waals surface area contributed by atoms with E-state index in [1.807, 2.05) is 0 Å². The molecule has 0 saturated heterocycles. The number of hydrogen-bond donors (Lipinski definition) is 0. The second kappa shape index (κ2) is 3.79. The van der Waals surface area contributed by atoms with Gasteiger partial charge in [-0.25, -0.2) is 0 Å². The minimum absolute atomic E-state index is 0.0229. The first-order valence-corrected chi connectivity index (χ1v) is 10.7. The minimum Gasteiger partial charge on any atom is -0.0612 e. The van der Waals surface area contributed by atoms with E-state index in [9.17, 15) is 0 Å². The van der Waals surface area contributed by atoms with Crippen molar-refractivity contribution in [3.8, 4) is 0 Å². The van der Waals surface area contributed by atoms with Crippen LogP contribution in [0.3, 0.4) is 0 Å². The molecule has 2 heteroatoms. The topological polar surface area (TPSA) is 0 Å². The zero-order valence-electron chi connectivity index (χ0n) is 12.2. The molecule has 94 valence electrons. The van der Waals surface area contributed by atoms with Gasteiger partial charge in [0.2, 0.25) is 0 Å². The van der Waals surface area contributed by atoms with Crippen LogP contribution in [-0.4, -0.2) is 17.0 Å². The van der Waals surface area contributed by atoms with Gasteiger partial charge >= 0.3 is 0 Å². The maximum absolute atomic E-state index is 2.59. The molecular weight excluding hydrogens is 242 g/mol. The van der Waals surface area contributed by atoms with Crippen molar-refractivity contribution in [1.29, 1.82) is 0 Å². The summed E-state index contributed by atoms with van der Waals surface area (Å²) >= 11 is 0. The highest BCUT2D eigenvalue weighted by Gasteiger charge is 2.66. The first-order chi connectivity index (χ1) is 7.60. The summed E-state index contributed by atoms with van der Waals surface area (Å²) in [6.07, 6.45) is 0. The Morgan fingerprint density at radius 1 is 0.941 bits per heavy atom. The third-order valence-electron chi connectivity index (χ3n) is 3.92. The molecule has 0 aromatic heterocycles. The van der Waals surface area contributed by atoms with E-state index in [0.29, 0.717) is 10.3 Å². The molecule has 1 aromatic rings. The van der Waals surface area contributed by atoms with Crippen LogP contribution in [-0.2, 0) is 0 Å². The molecule has 0 nitrogen and oxygen atoms in total. The Labute approximate surface area is 108 Å². The van der Waals surface area contributed by atoms with Crippen molar-refractivity contribution in [3.63, 3.8) is 0 Å². The third kappa shape index (κ3) is 1.80. The van der Waals surface area contributed by atoms with Gasteiger partial charge in [-0.2, -0.15) is 0 Å². The maximum Gasteiger partial charge on any atom is 0.108 e. The second-order valence-corrected chi connectivity index (χ2v) is 16.9. The molecule has 1 aliphatic heterocycles. The Hall–Kier alpha value is 0.0800. The molecule has 0 spiro atoms. The molecule has 0 N–H and O–H groups in total. The fraction of sp³-hybridized carbons (Fsp3) is 0.600. The molecule has 2 atom stereocenters. The molecule has 1 aliphatic rings. The van der Waals surface area contributed by atoms with Crippen molar-refractivity contribution in [2.45, 2.75) is 51.9 Å². The SMILES string of the molecule is CC(C)(C)P1c2ccccc2[P+]1(C)C(C)(C)C. The van der Waals surface area contributed by atoms with E-state index in [4.69, 9.17) is 0 Å². The molecule has 0 saturated carbocycles. The zero-order chi connectivity index (χ0) is 13.1. The highest BCUT2D eigenvalue weighted by Crippen LogP contribution is 2.94. The van der Waals surface area contributed by atoms with Gasteiger partial charge in [0.25, 0.3) is 0 Å². The van der Waals surface area contributed by atoms with Gasteiger partial charge in [-0.3, -0.25) is 0 Å². The Balaban J connectivity index is 2.61. The van der Waals surface area contributed by atoms with Crippen LogP contribution in [0.25, 0.3) is 0 Å². The summed E-state index contributed by atoms with van der Waals surface area (Å²) in [5.74, 6) is 0. The molecule has 0 bridgehead atoms. The van der Waals surface area contributed by atoms with Crippen molar-refractivity contribution in [2.75, 3.05) is 6.66 Å². The maximum atomic E-state index is 2.59. The molecule has 1 heterocycles. The van der Waals surface area contributed by atoms with Gasteiger partial charge in [0.15, 0.2) is 0 Å². The highest BCUT2D eigenvalue weighted by atomic mass is 32.1. The van der Waals surface area contributed by atoms with Crippen LogP contribution in [0.15, 0.2) is 24.3 Å². The lowest BCUT2D eigenvalue weighted by molar-refractivity contribution is 0.772. The Kier molecular flexibility index (Phi) is 3.01. The Morgan fingerprint density at radius 2 is 1.47 bits per heavy atom. The van der Waals surface area contributed by atoms with E-state index >= 15 is 0 Å². The van der Waals surface area contributed by atoms with Crippen molar-refractivity contribution in [2.24, 2.45) is 0 Å². The smallest absolute Gasteiger partial charge is 0.0612 e. The van der Waals surface area contributed by atoms with E-state index in [1.165, 1.54) is 0 Å². The van der Waals surface area contributed by atoms with Crippen molar-refractivity contribution >= 4 is 25.2 Å². The van der Waals surface area contributed by atoms with Crippen LogP contribution in [0, 0.1) is 0 Å². The summed E-state index contributed by atoms with van der Waals surface area (Å²) in [6.45, 7) is 16.2. The predicted octanol–water partition coefficient (Wildman–Crippen LogP) is 4.59. The summed E-state index contributed by atoms with van der Waals surface area (Å²) in [5, 5.41) is 4.27. The van der Waals surface area contributed by atoms with Gasteiger partial charge in [-0.15, -0.1) is 0 Å². The predicted molar refractivity (Wildman–Crippen MR) is 85.0 cm³/mol. The average Bonchev–Trinajstić information content (AvgIpc) is 2.12. The van der Waals surface area contributed by atoms with Gasteiger partial charge in [0.05, 0.1) is 24.1 Å². The van der Waals surface area contributed by atoms with E-state index in [0.717, 1.165) is 0 Å². The van der Waals surface area contributed by atoms with Crippen LogP contribution in [0.5, 0.6) is 0 Å². The van der Waals surface area contributed by atoms with E-state index < -0.39 is 6.95 Å². The third-order valence-corrected chi connectivity index (χ3v) is 18.2. The van der Waals surface area contributed by atoms with Crippen LogP contribution in [0.1, 0.15) is 41.5 Å². The lowest BCUT2D eigenvalue weighted by atomic mass is 10.2. The monoisotopic (exact) mass is 267 g/mol. The molecule has 0 radical (unpaired) electrons. The summed E-state index contributed by atoms with van der Waals surface area (Å²) in [6, 6.07) is 9.20. The fourth-order valence-corrected chi connectivity index (χ4v) is 16.8. The lowest BCUT2D eigenvalue weighted by Gasteiger charge is -2.53. The fourth-order valence-electron chi connectivity index (χ4n) is 2.91. The van der Waals surface area contributed by atoms with Crippen LogP contribution < -0.4 is 10.6 Å². The summed E-state index contributed by atoms with van der Waals surface area (Å²) in [7, 11) is 0.0229. The number of rotatable bonds is 0. The van der Waals surface area contributed by atoms with Crippen LogP contribution in [0.4, 0.5) is 0 Å². The van der Waals surface area contributed by atoms with Crippen molar-refractivity contribution in [1.82, 2.24) is 0 Å². The Bertz CT molecular complexity index is 437. The number of benzene rings is 1. The highest BCUT2D eigenvalue weighted by molar-refractivity contribution is 8.49. The van der Waals surface area contributed by atoms with E-state index in [2.05, 4.69) is 72.5 Å². The number of hydrogen-bond acceptors (Lipinski definition) is 0. The molecule has 2 rings (SSSR count). The standard InChI is InChI=1S/C15H25P2/c1-14(2,3)16-12-10-8-9-11-13(12)17(16,7)15(4,5)6/h8-11H,1-7H3/q+1. The van der Waals surface area contributed by atoms with Gasteiger partial charge in [0.1, 0.15) is 12.9 Å². The van der Waals surface area contributed by atoms with Crippen molar-refractivity contribution < 1.29 is 0 Å². The first-order valence-electron chi connectivity index (χ1n) is 6.37.